The molecular formula is C21H17Cl3IrN5. The van der Waals surface area contributed by atoms with Crippen molar-refractivity contribution >= 4 is 50.8 Å². The molecular weight excluding hydrogens is 621 g/mol. The summed E-state index contributed by atoms with van der Waals surface area (Å²) in [5, 5.41) is 0. The van der Waals surface area contributed by atoms with Crippen molar-refractivity contribution in [2.24, 2.45) is 14.1 Å². The molecule has 0 saturated heterocycles. The second-order valence-corrected chi connectivity index (χ2v) is 16.9. The van der Waals surface area contributed by atoms with Crippen LogP contribution in [0.15, 0.2) is 66.7 Å². The van der Waals surface area contributed by atoms with E-state index < -0.39 is 13.5 Å². The van der Waals surface area contributed by atoms with Gasteiger partial charge in [0.2, 0.25) is 0 Å². The van der Waals surface area contributed by atoms with E-state index in [0.29, 0.717) is 0 Å². The third-order valence-corrected chi connectivity index (χ3v) is 4.78. The van der Waals surface area contributed by atoms with Crippen molar-refractivity contribution in [3.05, 3.63) is 66.7 Å². The van der Waals surface area contributed by atoms with E-state index in [-0.39, 0.29) is 0 Å². The van der Waals surface area contributed by atoms with Crippen LogP contribution in [-0.4, -0.2) is 24.1 Å². The van der Waals surface area contributed by atoms with Crippen LogP contribution >= 0.6 is 28.8 Å². The Morgan fingerprint density at radius 3 is 1.40 bits per heavy atom. The summed E-state index contributed by atoms with van der Waals surface area (Å²) in [4.78, 5) is 14.4. The van der Waals surface area contributed by atoms with Crippen LogP contribution in [0.1, 0.15) is 0 Å². The third kappa shape index (κ3) is 4.25. The first-order valence-electron chi connectivity index (χ1n) is 8.91. The average molecular weight is 638 g/mol. The molecule has 0 N–H and O–H groups in total. The molecule has 0 amide bonds. The van der Waals surface area contributed by atoms with Gasteiger partial charge < -0.3 is 9.13 Å². The van der Waals surface area contributed by atoms with E-state index in [1.165, 1.54) is 0 Å². The summed E-state index contributed by atoms with van der Waals surface area (Å²) in [7, 11) is 19.0. The molecule has 5 rings (SSSR count). The molecule has 0 aliphatic rings. The zero-order valence-electron chi connectivity index (χ0n) is 16.1. The second kappa shape index (κ2) is 9.04. The van der Waals surface area contributed by atoms with Gasteiger partial charge in [-0.3, -0.25) is 0 Å². The predicted octanol–water partition coefficient (Wildman–Crippen LogP) is 6.26. The Bertz CT molecular complexity index is 1230. The van der Waals surface area contributed by atoms with Gasteiger partial charge >= 0.3 is 42.2 Å². The SMILES string of the molecule is Cn1c(-c2cccc(-c3nc4ccccc4n3C)n2)nc2ccccc21.[Cl][Ir]([Cl])[Cl]. The predicted molar refractivity (Wildman–Crippen MR) is 121 cm³/mol. The first kappa shape index (κ1) is 21.3. The molecule has 0 unspecified atom stereocenters. The van der Waals surface area contributed by atoms with Crippen molar-refractivity contribution in [1.29, 1.82) is 0 Å². The normalized spacial score (nSPS) is 11.4. The van der Waals surface area contributed by atoms with Crippen LogP contribution in [0, 0.1) is 0 Å². The van der Waals surface area contributed by atoms with Gasteiger partial charge in [0, 0.05) is 14.1 Å². The molecule has 2 aromatic carbocycles. The summed E-state index contributed by atoms with van der Waals surface area (Å²) in [6.07, 6.45) is 0. The second-order valence-electron chi connectivity index (χ2n) is 6.52. The molecule has 30 heavy (non-hydrogen) atoms. The molecule has 0 saturated carbocycles. The Labute approximate surface area is 191 Å². The van der Waals surface area contributed by atoms with E-state index >= 15 is 0 Å². The van der Waals surface area contributed by atoms with Crippen molar-refractivity contribution in [3.63, 3.8) is 0 Å². The number of hydrogen-bond donors (Lipinski definition) is 0. The van der Waals surface area contributed by atoms with Crippen molar-refractivity contribution in [2.45, 2.75) is 0 Å². The van der Waals surface area contributed by atoms with Crippen LogP contribution in [0.5, 0.6) is 0 Å². The van der Waals surface area contributed by atoms with Gasteiger partial charge in [-0.2, -0.15) is 0 Å². The molecule has 9 heteroatoms. The van der Waals surface area contributed by atoms with E-state index in [4.69, 9.17) is 43.7 Å². The van der Waals surface area contributed by atoms with E-state index in [0.717, 1.165) is 45.1 Å². The molecule has 0 fully saturated rings. The fourth-order valence-electron chi connectivity index (χ4n) is 3.43. The average Bonchev–Trinajstić information content (AvgIpc) is 3.26. The van der Waals surface area contributed by atoms with Gasteiger partial charge in [0.1, 0.15) is 11.4 Å². The Morgan fingerprint density at radius 1 is 0.600 bits per heavy atom. The first-order valence-corrected chi connectivity index (χ1v) is 17.8. The molecule has 5 nitrogen and oxygen atoms in total. The number of hydrogen-bond acceptors (Lipinski definition) is 3. The van der Waals surface area contributed by atoms with Crippen LogP contribution in [0.4, 0.5) is 0 Å². The standard InChI is InChI=1S/C21H17N5.3ClH.Ir/c1-25-18-12-5-3-8-14(18)23-20(25)16-10-7-11-17(22-16)21-24-15-9-4-6-13-19(15)26(21)2;;;;/h3-13H,1-2H3;3*1H;/q;;;;+3/p-3. The number of fused-ring (bicyclic) bond motifs is 2. The maximum absolute atomic E-state index is 4.97. The van der Waals surface area contributed by atoms with Crippen molar-refractivity contribution < 1.29 is 13.5 Å². The third-order valence-electron chi connectivity index (χ3n) is 4.78. The zero-order valence-corrected chi connectivity index (χ0v) is 20.7. The number of pyridine rings is 1. The minimum absolute atomic E-state index is 0.841. The quantitative estimate of drug-likeness (QED) is 0.230. The summed E-state index contributed by atoms with van der Waals surface area (Å²) in [6.45, 7) is 0. The van der Waals surface area contributed by atoms with Gasteiger partial charge in [0.05, 0.1) is 22.1 Å². The Balaban J connectivity index is 0.000000503. The number of nitrogens with zero attached hydrogens (tertiary/aromatic N) is 5. The zero-order chi connectivity index (χ0) is 21.3. The summed E-state index contributed by atoms with van der Waals surface area (Å²) in [5.41, 5.74) is 5.82. The molecule has 0 spiro atoms. The van der Waals surface area contributed by atoms with E-state index in [1.54, 1.807) is 0 Å². The van der Waals surface area contributed by atoms with E-state index in [9.17, 15) is 0 Å². The van der Waals surface area contributed by atoms with Crippen molar-refractivity contribution in [1.82, 2.24) is 24.1 Å². The first-order chi connectivity index (χ1) is 14.5. The number of para-hydroxylation sites is 4. The van der Waals surface area contributed by atoms with Gasteiger partial charge in [-0.15, -0.1) is 0 Å². The maximum atomic E-state index is 4.97. The molecule has 0 aliphatic heterocycles. The molecule has 3 heterocycles. The monoisotopic (exact) mass is 637 g/mol. The van der Waals surface area contributed by atoms with Gasteiger partial charge in [0.15, 0.2) is 11.6 Å². The topological polar surface area (TPSA) is 48.5 Å². The fraction of sp³-hybridized carbons (Fsp3) is 0.0952. The van der Waals surface area contributed by atoms with Crippen LogP contribution < -0.4 is 0 Å². The fourth-order valence-corrected chi connectivity index (χ4v) is 3.43. The molecule has 5 aromatic rings. The van der Waals surface area contributed by atoms with Crippen molar-refractivity contribution in [3.8, 4) is 23.0 Å². The number of halogens is 3. The molecule has 3 aromatic heterocycles. The number of benzene rings is 2. The molecule has 0 atom stereocenters. The summed E-state index contributed by atoms with van der Waals surface area (Å²) >= 11 is -1.92. The summed E-state index contributed by atoms with van der Waals surface area (Å²) in [5.74, 6) is 1.71. The van der Waals surface area contributed by atoms with E-state index in [2.05, 4.69) is 21.3 Å². The van der Waals surface area contributed by atoms with Crippen LogP contribution in [0.2, 0.25) is 0 Å². The van der Waals surface area contributed by atoms with Gasteiger partial charge in [-0.25, -0.2) is 15.0 Å². The summed E-state index contributed by atoms with van der Waals surface area (Å²) in [6, 6.07) is 22.2. The number of aromatic nitrogens is 5. The molecule has 0 aliphatic carbocycles. The molecule has 0 bridgehead atoms. The van der Waals surface area contributed by atoms with Crippen molar-refractivity contribution in [2.75, 3.05) is 0 Å². The van der Waals surface area contributed by atoms with Gasteiger partial charge in [-0.1, -0.05) is 30.3 Å². The van der Waals surface area contributed by atoms with Crippen LogP contribution in [-0.2, 0) is 27.6 Å². The Morgan fingerprint density at radius 2 is 1.00 bits per heavy atom. The van der Waals surface area contributed by atoms with Gasteiger partial charge in [0.25, 0.3) is 0 Å². The number of imidazole rings is 2. The Hall–Kier alpha value is -1.95. The van der Waals surface area contributed by atoms with Crippen LogP contribution in [0.3, 0.4) is 0 Å². The number of rotatable bonds is 2. The summed E-state index contributed by atoms with van der Waals surface area (Å²) < 4.78 is 4.16. The number of aryl methyl sites for hydroxylation is 2. The Kier molecular flexibility index (Phi) is 6.42. The molecule has 0 radical (unpaired) electrons. The van der Waals surface area contributed by atoms with Gasteiger partial charge in [-0.05, 0) is 36.4 Å². The molecule has 156 valence electrons. The minimum atomic E-state index is -1.92. The van der Waals surface area contributed by atoms with Crippen LogP contribution in [0.25, 0.3) is 45.1 Å². The van der Waals surface area contributed by atoms with E-state index in [1.807, 2.05) is 68.7 Å².